The number of β-amino-alcohol motifs (C(OH)–C–C–N with tert-alkyl or cyclic N) is 1. The molecule has 1 aromatic carbocycles. The summed E-state index contributed by atoms with van der Waals surface area (Å²) in [5, 5.41) is 9.30. The quantitative estimate of drug-likeness (QED) is 0.903. The van der Waals surface area contributed by atoms with Crippen molar-refractivity contribution in [2.45, 2.75) is 18.4 Å². The normalized spacial score (nSPS) is 19.6. The van der Waals surface area contributed by atoms with Gasteiger partial charge in [0.1, 0.15) is 5.75 Å². The third-order valence-electron chi connectivity index (χ3n) is 3.17. The van der Waals surface area contributed by atoms with Gasteiger partial charge in [0.15, 0.2) is 0 Å². The number of aliphatic hydroxyl groups is 1. The standard InChI is InChI=1S/C13H15F2NO3/c1-19-11-4-2-9(3-5-11)13(14,15)12(18)16-7-6-10(17)8-16/h2-5,10,17H,6-8H2,1H3/t10-/m0/s1. The van der Waals surface area contributed by atoms with Crippen molar-refractivity contribution in [2.75, 3.05) is 20.2 Å². The lowest BCUT2D eigenvalue weighted by molar-refractivity contribution is -0.158. The molecule has 0 aromatic heterocycles. The molecule has 0 spiro atoms. The molecule has 104 valence electrons. The third kappa shape index (κ3) is 2.68. The molecule has 1 N–H and O–H groups in total. The van der Waals surface area contributed by atoms with Crippen LogP contribution in [-0.4, -0.2) is 42.2 Å². The average molecular weight is 271 g/mol. The molecule has 0 bridgehead atoms. The number of rotatable bonds is 3. The number of carbonyl (C=O) groups excluding carboxylic acids is 1. The van der Waals surface area contributed by atoms with E-state index in [-0.39, 0.29) is 18.7 Å². The molecule has 1 heterocycles. The molecule has 0 saturated carbocycles. The van der Waals surface area contributed by atoms with E-state index in [1.54, 1.807) is 0 Å². The van der Waals surface area contributed by atoms with Gasteiger partial charge in [0.05, 0.1) is 13.2 Å². The van der Waals surface area contributed by atoms with Crippen LogP contribution in [0, 0.1) is 0 Å². The van der Waals surface area contributed by atoms with Crippen molar-refractivity contribution < 1.29 is 23.4 Å². The fourth-order valence-electron chi connectivity index (χ4n) is 2.05. The van der Waals surface area contributed by atoms with Crippen molar-refractivity contribution >= 4 is 5.91 Å². The summed E-state index contributed by atoms with van der Waals surface area (Å²) in [5.74, 6) is -4.41. The Balaban J connectivity index is 2.18. The first-order valence-electron chi connectivity index (χ1n) is 5.95. The summed E-state index contributed by atoms with van der Waals surface area (Å²) in [7, 11) is 1.43. The van der Waals surface area contributed by atoms with Gasteiger partial charge in [0.2, 0.25) is 0 Å². The Hall–Kier alpha value is -1.69. The summed E-state index contributed by atoms with van der Waals surface area (Å²) in [6.45, 7) is 0.121. The number of ether oxygens (including phenoxy) is 1. The zero-order valence-corrected chi connectivity index (χ0v) is 10.5. The van der Waals surface area contributed by atoms with Crippen LogP contribution in [0.2, 0.25) is 0 Å². The van der Waals surface area contributed by atoms with E-state index >= 15 is 0 Å². The first kappa shape index (κ1) is 13.7. The lowest BCUT2D eigenvalue weighted by Gasteiger charge is -2.23. The van der Waals surface area contributed by atoms with Crippen LogP contribution in [-0.2, 0) is 10.7 Å². The number of amides is 1. The Morgan fingerprint density at radius 1 is 1.42 bits per heavy atom. The highest BCUT2D eigenvalue weighted by atomic mass is 19.3. The predicted molar refractivity (Wildman–Crippen MR) is 64.1 cm³/mol. The number of carbonyl (C=O) groups is 1. The lowest BCUT2D eigenvalue weighted by atomic mass is 10.1. The van der Waals surface area contributed by atoms with E-state index in [2.05, 4.69) is 0 Å². The van der Waals surface area contributed by atoms with E-state index in [1.807, 2.05) is 0 Å². The van der Waals surface area contributed by atoms with Crippen LogP contribution in [0.3, 0.4) is 0 Å². The van der Waals surface area contributed by atoms with Crippen molar-refractivity contribution in [1.29, 1.82) is 0 Å². The Labute approximate surface area is 109 Å². The van der Waals surface area contributed by atoms with E-state index in [4.69, 9.17) is 4.74 Å². The summed E-state index contributed by atoms with van der Waals surface area (Å²) in [5.41, 5.74) is -0.375. The maximum Gasteiger partial charge on any atom is 0.349 e. The number of hydrogen-bond acceptors (Lipinski definition) is 3. The van der Waals surface area contributed by atoms with Gasteiger partial charge in [-0.25, -0.2) is 0 Å². The molecule has 1 saturated heterocycles. The van der Waals surface area contributed by atoms with Gasteiger partial charge < -0.3 is 14.7 Å². The summed E-state index contributed by atoms with van der Waals surface area (Å²) < 4.78 is 33.0. The molecule has 4 nitrogen and oxygen atoms in total. The van der Waals surface area contributed by atoms with E-state index in [0.29, 0.717) is 12.2 Å². The van der Waals surface area contributed by atoms with Crippen LogP contribution < -0.4 is 4.74 Å². The number of aliphatic hydroxyl groups excluding tert-OH is 1. The average Bonchev–Trinajstić information content (AvgIpc) is 2.84. The van der Waals surface area contributed by atoms with Gasteiger partial charge in [-0.15, -0.1) is 0 Å². The number of benzene rings is 1. The Kier molecular flexibility index (Phi) is 3.71. The van der Waals surface area contributed by atoms with Gasteiger partial charge in [-0.3, -0.25) is 4.79 Å². The van der Waals surface area contributed by atoms with Crippen molar-refractivity contribution in [3.8, 4) is 5.75 Å². The molecule has 1 aromatic rings. The Morgan fingerprint density at radius 2 is 2.05 bits per heavy atom. The zero-order valence-electron chi connectivity index (χ0n) is 10.5. The molecule has 0 radical (unpaired) electrons. The highest BCUT2D eigenvalue weighted by Crippen LogP contribution is 2.32. The summed E-state index contributed by atoms with van der Waals surface area (Å²) in [6.07, 6.45) is -0.375. The number of likely N-dealkylation sites (tertiary alicyclic amines) is 1. The minimum absolute atomic E-state index is 0.0371. The molecular formula is C13H15F2NO3. The second-order valence-electron chi connectivity index (χ2n) is 4.50. The first-order chi connectivity index (χ1) is 8.95. The number of nitrogens with zero attached hydrogens (tertiary/aromatic N) is 1. The Morgan fingerprint density at radius 3 is 2.53 bits per heavy atom. The van der Waals surface area contributed by atoms with E-state index < -0.39 is 17.9 Å². The zero-order chi connectivity index (χ0) is 14.0. The van der Waals surface area contributed by atoms with Crippen molar-refractivity contribution in [3.05, 3.63) is 29.8 Å². The molecule has 1 atom stereocenters. The van der Waals surface area contributed by atoms with Crippen molar-refractivity contribution in [3.63, 3.8) is 0 Å². The van der Waals surface area contributed by atoms with Crippen LogP contribution in [0.5, 0.6) is 5.75 Å². The van der Waals surface area contributed by atoms with Gasteiger partial charge in [0.25, 0.3) is 5.91 Å². The SMILES string of the molecule is COc1ccc(C(F)(F)C(=O)N2CC[C@H](O)C2)cc1. The van der Waals surface area contributed by atoms with Crippen LogP contribution in [0.4, 0.5) is 8.78 Å². The fraction of sp³-hybridized carbons (Fsp3) is 0.462. The van der Waals surface area contributed by atoms with Crippen molar-refractivity contribution in [2.24, 2.45) is 0 Å². The predicted octanol–water partition coefficient (Wildman–Crippen LogP) is 1.38. The second kappa shape index (κ2) is 5.13. The second-order valence-corrected chi connectivity index (χ2v) is 4.50. The smallest absolute Gasteiger partial charge is 0.349 e. The number of methoxy groups -OCH3 is 1. The highest BCUT2D eigenvalue weighted by Gasteiger charge is 2.45. The van der Waals surface area contributed by atoms with Gasteiger partial charge >= 0.3 is 5.92 Å². The molecule has 1 amide bonds. The molecule has 1 aliphatic rings. The maximum absolute atomic E-state index is 14.1. The van der Waals surface area contributed by atoms with Crippen LogP contribution in [0.25, 0.3) is 0 Å². The minimum atomic E-state index is -3.59. The summed E-state index contributed by atoms with van der Waals surface area (Å²) in [4.78, 5) is 12.8. The molecule has 1 fully saturated rings. The van der Waals surface area contributed by atoms with Gasteiger partial charge in [-0.05, 0) is 30.7 Å². The fourth-order valence-corrected chi connectivity index (χ4v) is 2.05. The number of hydrogen-bond donors (Lipinski definition) is 1. The van der Waals surface area contributed by atoms with E-state index in [9.17, 15) is 18.7 Å². The summed E-state index contributed by atoms with van der Waals surface area (Å²) >= 11 is 0. The van der Waals surface area contributed by atoms with Crippen LogP contribution in [0.15, 0.2) is 24.3 Å². The van der Waals surface area contributed by atoms with Crippen molar-refractivity contribution in [1.82, 2.24) is 4.90 Å². The molecule has 0 unspecified atom stereocenters. The molecule has 2 rings (SSSR count). The maximum atomic E-state index is 14.1. The summed E-state index contributed by atoms with van der Waals surface area (Å²) in [6, 6.07) is 5.11. The molecule has 19 heavy (non-hydrogen) atoms. The molecular weight excluding hydrogens is 256 g/mol. The third-order valence-corrected chi connectivity index (χ3v) is 3.17. The minimum Gasteiger partial charge on any atom is -0.497 e. The highest BCUT2D eigenvalue weighted by molar-refractivity contribution is 5.85. The lowest BCUT2D eigenvalue weighted by Crippen LogP contribution is -2.41. The van der Waals surface area contributed by atoms with Gasteiger partial charge in [0, 0.05) is 18.7 Å². The molecule has 1 aliphatic heterocycles. The number of alkyl halides is 2. The van der Waals surface area contributed by atoms with Crippen LogP contribution in [0.1, 0.15) is 12.0 Å². The van der Waals surface area contributed by atoms with Gasteiger partial charge in [-0.2, -0.15) is 8.78 Å². The van der Waals surface area contributed by atoms with E-state index in [1.165, 1.54) is 31.4 Å². The monoisotopic (exact) mass is 271 g/mol. The largest absolute Gasteiger partial charge is 0.497 e. The van der Waals surface area contributed by atoms with E-state index in [0.717, 1.165) is 4.90 Å². The topological polar surface area (TPSA) is 49.8 Å². The Bertz CT molecular complexity index is 461. The first-order valence-corrected chi connectivity index (χ1v) is 5.95. The van der Waals surface area contributed by atoms with Crippen LogP contribution >= 0.6 is 0 Å². The molecule has 6 heteroatoms. The number of halogens is 2. The molecule has 0 aliphatic carbocycles. The van der Waals surface area contributed by atoms with Gasteiger partial charge in [-0.1, -0.05) is 0 Å².